The van der Waals surface area contributed by atoms with Crippen molar-refractivity contribution in [3.63, 3.8) is 0 Å². The summed E-state index contributed by atoms with van der Waals surface area (Å²) in [4.78, 5) is 0. The Morgan fingerprint density at radius 3 is 2.85 bits per heavy atom. The highest BCUT2D eigenvalue weighted by molar-refractivity contribution is 5.99. The van der Waals surface area contributed by atoms with E-state index in [4.69, 9.17) is 15.7 Å². The molecule has 1 aromatic carbocycles. The van der Waals surface area contributed by atoms with Crippen molar-refractivity contribution in [2.45, 2.75) is 32.4 Å². The van der Waals surface area contributed by atoms with Crippen LogP contribution in [-0.4, -0.2) is 35.9 Å². The standard InChI is InChI=1S/C14H23N3O3/c1-3-11(18)6-7-16-9-10-4-5-12(14(15)17-19)13(8-10)20-2/h4-5,8,11,16,18-19H,3,6-7,9H2,1-2H3,(H2,15,17). The fraction of sp³-hybridized carbons (Fsp3) is 0.500. The van der Waals surface area contributed by atoms with Crippen molar-refractivity contribution in [1.29, 1.82) is 0 Å². The highest BCUT2D eigenvalue weighted by Gasteiger charge is 2.08. The molecule has 20 heavy (non-hydrogen) atoms. The number of methoxy groups -OCH3 is 1. The van der Waals surface area contributed by atoms with Gasteiger partial charge in [-0.25, -0.2) is 0 Å². The van der Waals surface area contributed by atoms with Crippen molar-refractivity contribution in [3.8, 4) is 5.75 Å². The van der Waals surface area contributed by atoms with Gasteiger partial charge >= 0.3 is 0 Å². The van der Waals surface area contributed by atoms with Gasteiger partial charge in [-0.1, -0.05) is 18.1 Å². The molecule has 1 unspecified atom stereocenters. The van der Waals surface area contributed by atoms with Crippen LogP contribution in [0.3, 0.4) is 0 Å². The Morgan fingerprint density at radius 1 is 1.50 bits per heavy atom. The van der Waals surface area contributed by atoms with Gasteiger partial charge in [-0.2, -0.15) is 0 Å². The Morgan fingerprint density at radius 2 is 2.25 bits per heavy atom. The van der Waals surface area contributed by atoms with Crippen LogP contribution in [0.15, 0.2) is 23.4 Å². The topological polar surface area (TPSA) is 100 Å². The summed E-state index contributed by atoms with van der Waals surface area (Å²) in [6, 6.07) is 5.49. The minimum absolute atomic E-state index is 0.0208. The van der Waals surface area contributed by atoms with Crippen LogP contribution >= 0.6 is 0 Å². The number of hydrogen-bond acceptors (Lipinski definition) is 5. The van der Waals surface area contributed by atoms with Gasteiger partial charge in [0, 0.05) is 6.54 Å². The van der Waals surface area contributed by atoms with E-state index in [0.717, 1.165) is 24.9 Å². The molecule has 0 spiro atoms. The van der Waals surface area contributed by atoms with Crippen LogP contribution < -0.4 is 15.8 Å². The number of nitrogens with two attached hydrogens (primary N) is 1. The summed E-state index contributed by atoms with van der Waals surface area (Å²) in [5, 5.41) is 24.4. The molecule has 1 atom stereocenters. The maximum Gasteiger partial charge on any atom is 0.173 e. The van der Waals surface area contributed by atoms with Gasteiger partial charge in [0.25, 0.3) is 0 Å². The number of aliphatic hydroxyl groups excluding tert-OH is 1. The molecule has 0 bridgehead atoms. The molecule has 0 fully saturated rings. The van der Waals surface area contributed by atoms with Crippen LogP contribution in [0.1, 0.15) is 30.9 Å². The maximum absolute atomic E-state index is 9.45. The third-order valence-corrected chi connectivity index (χ3v) is 3.10. The summed E-state index contributed by atoms with van der Waals surface area (Å²) < 4.78 is 5.23. The molecule has 1 rings (SSSR count). The van der Waals surface area contributed by atoms with Gasteiger partial charge in [0.05, 0.1) is 18.8 Å². The second-order valence-electron chi connectivity index (χ2n) is 4.55. The molecule has 0 saturated heterocycles. The highest BCUT2D eigenvalue weighted by Crippen LogP contribution is 2.20. The van der Waals surface area contributed by atoms with E-state index in [-0.39, 0.29) is 11.9 Å². The molecule has 0 aliphatic heterocycles. The molecule has 6 heteroatoms. The lowest BCUT2D eigenvalue weighted by molar-refractivity contribution is 0.159. The van der Waals surface area contributed by atoms with Crippen molar-refractivity contribution < 1.29 is 15.1 Å². The van der Waals surface area contributed by atoms with E-state index in [1.54, 1.807) is 6.07 Å². The number of amidine groups is 1. The smallest absolute Gasteiger partial charge is 0.173 e. The minimum atomic E-state index is -0.250. The molecule has 0 aromatic heterocycles. The monoisotopic (exact) mass is 281 g/mol. The Balaban J connectivity index is 2.60. The average Bonchev–Trinajstić information content (AvgIpc) is 2.50. The van der Waals surface area contributed by atoms with Gasteiger partial charge < -0.3 is 26.1 Å². The third-order valence-electron chi connectivity index (χ3n) is 3.10. The predicted molar refractivity (Wildman–Crippen MR) is 78.1 cm³/mol. The molecule has 1 aromatic rings. The highest BCUT2D eigenvalue weighted by atomic mass is 16.5. The lowest BCUT2D eigenvalue weighted by Gasteiger charge is -2.11. The fourth-order valence-electron chi connectivity index (χ4n) is 1.82. The molecule has 0 aliphatic carbocycles. The van der Waals surface area contributed by atoms with Gasteiger partial charge in [0.2, 0.25) is 0 Å². The number of rotatable bonds is 8. The van der Waals surface area contributed by atoms with Crippen LogP contribution in [0.4, 0.5) is 0 Å². The second-order valence-corrected chi connectivity index (χ2v) is 4.55. The molecule has 6 nitrogen and oxygen atoms in total. The van der Waals surface area contributed by atoms with Gasteiger partial charge in [-0.15, -0.1) is 0 Å². The second kappa shape index (κ2) is 8.39. The zero-order valence-corrected chi connectivity index (χ0v) is 12.0. The molecule has 0 heterocycles. The van der Waals surface area contributed by atoms with E-state index < -0.39 is 0 Å². The summed E-state index contributed by atoms with van der Waals surface area (Å²) >= 11 is 0. The maximum atomic E-state index is 9.45. The SMILES string of the molecule is CCC(O)CCNCc1ccc(/C(N)=N/O)c(OC)c1. The zero-order valence-electron chi connectivity index (χ0n) is 12.0. The molecular formula is C14H23N3O3. The van der Waals surface area contributed by atoms with Crippen molar-refractivity contribution in [2.24, 2.45) is 10.9 Å². The van der Waals surface area contributed by atoms with E-state index >= 15 is 0 Å². The third kappa shape index (κ3) is 4.71. The van der Waals surface area contributed by atoms with Crippen LogP contribution in [0, 0.1) is 0 Å². The summed E-state index contributed by atoms with van der Waals surface area (Å²) in [6.07, 6.45) is 1.25. The zero-order chi connectivity index (χ0) is 15.0. The van der Waals surface area contributed by atoms with E-state index in [1.807, 2.05) is 19.1 Å². The molecule has 0 aliphatic rings. The van der Waals surface area contributed by atoms with Gasteiger partial charge in [-0.05, 0) is 37.1 Å². The van der Waals surface area contributed by atoms with Crippen molar-refractivity contribution in [2.75, 3.05) is 13.7 Å². The number of nitrogens with zero attached hydrogens (tertiary/aromatic N) is 1. The summed E-state index contributed by atoms with van der Waals surface area (Å²) in [7, 11) is 1.54. The van der Waals surface area contributed by atoms with Crippen molar-refractivity contribution in [3.05, 3.63) is 29.3 Å². The summed E-state index contributed by atoms with van der Waals surface area (Å²) in [6.45, 7) is 3.38. The van der Waals surface area contributed by atoms with E-state index in [2.05, 4.69) is 10.5 Å². The Hall–Kier alpha value is -1.79. The first-order valence-corrected chi connectivity index (χ1v) is 6.66. The van der Waals surface area contributed by atoms with E-state index in [1.165, 1.54) is 7.11 Å². The summed E-state index contributed by atoms with van der Waals surface area (Å²) in [5.74, 6) is 0.584. The van der Waals surface area contributed by atoms with E-state index in [9.17, 15) is 5.11 Å². The normalized spacial score (nSPS) is 13.2. The van der Waals surface area contributed by atoms with Crippen LogP contribution in [-0.2, 0) is 6.54 Å². The first kappa shape index (κ1) is 16.3. The minimum Gasteiger partial charge on any atom is -0.496 e. The largest absolute Gasteiger partial charge is 0.496 e. The molecule has 0 radical (unpaired) electrons. The predicted octanol–water partition coefficient (Wildman–Crippen LogP) is 1.04. The number of ether oxygens (including phenoxy) is 1. The fourth-order valence-corrected chi connectivity index (χ4v) is 1.82. The van der Waals surface area contributed by atoms with Crippen LogP contribution in [0.25, 0.3) is 0 Å². The van der Waals surface area contributed by atoms with E-state index in [0.29, 0.717) is 17.9 Å². The number of benzene rings is 1. The molecular weight excluding hydrogens is 258 g/mol. The average molecular weight is 281 g/mol. The van der Waals surface area contributed by atoms with Gasteiger partial charge in [0.1, 0.15) is 5.75 Å². The molecule has 0 amide bonds. The number of hydrogen-bond donors (Lipinski definition) is 4. The Kier molecular flexibility index (Phi) is 6.83. The molecule has 112 valence electrons. The number of nitrogens with one attached hydrogen (secondary N) is 1. The quantitative estimate of drug-likeness (QED) is 0.187. The first-order chi connectivity index (χ1) is 9.62. The number of aliphatic hydroxyl groups is 1. The first-order valence-electron chi connectivity index (χ1n) is 6.66. The van der Waals surface area contributed by atoms with Crippen LogP contribution in [0.2, 0.25) is 0 Å². The summed E-state index contributed by atoms with van der Waals surface area (Å²) in [5.41, 5.74) is 7.15. The van der Waals surface area contributed by atoms with Gasteiger partial charge in [-0.3, -0.25) is 0 Å². The lowest BCUT2D eigenvalue weighted by atomic mass is 10.1. The Bertz CT molecular complexity index is 449. The Labute approximate surface area is 119 Å². The van der Waals surface area contributed by atoms with Crippen molar-refractivity contribution in [1.82, 2.24) is 5.32 Å². The molecule has 0 saturated carbocycles. The van der Waals surface area contributed by atoms with Gasteiger partial charge in [0.15, 0.2) is 5.84 Å². The van der Waals surface area contributed by atoms with Crippen LogP contribution in [0.5, 0.6) is 5.75 Å². The molecule has 5 N–H and O–H groups in total. The number of oxime groups is 1. The van der Waals surface area contributed by atoms with Crippen molar-refractivity contribution >= 4 is 5.84 Å². The lowest BCUT2D eigenvalue weighted by Crippen LogP contribution is -2.20.